The van der Waals surface area contributed by atoms with Crippen LogP contribution in [-0.2, 0) is 4.79 Å². The van der Waals surface area contributed by atoms with E-state index < -0.39 is 24.0 Å². The summed E-state index contributed by atoms with van der Waals surface area (Å²) in [6, 6.07) is -1.01. The first-order chi connectivity index (χ1) is 8.05. The third kappa shape index (κ3) is 2.95. The van der Waals surface area contributed by atoms with E-state index in [1.165, 1.54) is 6.92 Å². The molecule has 1 heterocycles. The summed E-state index contributed by atoms with van der Waals surface area (Å²) >= 11 is 1.07. The second kappa shape index (κ2) is 4.79. The molecule has 0 bridgehead atoms. The Bertz CT molecular complexity index is 442. The summed E-state index contributed by atoms with van der Waals surface area (Å²) in [5.41, 5.74) is 0.596. The number of aromatic nitrogens is 1. The third-order valence-electron chi connectivity index (χ3n) is 2.00. The summed E-state index contributed by atoms with van der Waals surface area (Å²) in [5.74, 6) is -7.79. The van der Waals surface area contributed by atoms with Crippen LogP contribution in [0.25, 0.3) is 0 Å². The molecule has 1 amide bonds. The van der Waals surface area contributed by atoms with E-state index in [1.807, 2.05) is 0 Å². The number of nitrogens with zero attached hydrogens (tertiary/aromatic N) is 1. The number of rotatable bonds is 3. The SMILES string of the molecule is Cc1csc(C(C)NC(=O)C(F)(F)C(F)(F)F)n1. The van der Waals surface area contributed by atoms with Crippen LogP contribution in [0.15, 0.2) is 5.38 Å². The second-order valence-corrected chi connectivity index (χ2v) is 4.48. The van der Waals surface area contributed by atoms with Crippen LogP contribution in [0.4, 0.5) is 22.0 Å². The van der Waals surface area contributed by atoms with Crippen molar-refractivity contribution in [2.24, 2.45) is 0 Å². The number of nitrogens with one attached hydrogen (secondary N) is 1. The van der Waals surface area contributed by atoms with E-state index >= 15 is 0 Å². The van der Waals surface area contributed by atoms with Gasteiger partial charge in [-0.2, -0.15) is 22.0 Å². The smallest absolute Gasteiger partial charge is 0.342 e. The Hall–Kier alpha value is -1.25. The highest BCUT2D eigenvalue weighted by molar-refractivity contribution is 7.09. The van der Waals surface area contributed by atoms with Crippen molar-refractivity contribution in [3.63, 3.8) is 0 Å². The van der Waals surface area contributed by atoms with Crippen LogP contribution >= 0.6 is 11.3 Å². The van der Waals surface area contributed by atoms with E-state index in [4.69, 9.17) is 0 Å². The third-order valence-corrected chi connectivity index (χ3v) is 3.14. The first kappa shape index (κ1) is 14.8. The van der Waals surface area contributed by atoms with Crippen molar-refractivity contribution >= 4 is 17.2 Å². The van der Waals surface area contributed by atoms with Crippen LogP contribution in [0.2, 0.25) is 0 Å². The van der Waals surface area contributed by atoms with Crippen LogP contribution in [0.5, 0.6) is 0 Å². The van der Waals surface area contributed by atoms with Crippen LogP contribution in [0.3, 0.4) is 0 Å². The normalized spacial score (nSPS) is 14.4. The Balaban J connectivity index is 2.77. The molecular weight excluding hydrogens is 279 g/mol. The Morgan fingerprint density at radius 2 is 1.94 bits per heavy atom. The molecule has 0 aliphatic heterocycles. The first-order valence-corrected chi connectivity index (χ1v) is 5.61. The molecule has 0 aliphatic rings. The molecule has 0 fully saturated rings. The van der Waals surface area contributed by atoms with E-state index in [0.29, 0.717) is 5.69 Å². The molecule has 18 heavy (non-hydrogen) atoms. The summed E-state index contributed by atoms with van der Waals surface area (Å²) in [6.45, 7) is 2.92. The molecule has 1 rings (SSSR count). The van der Waals surface area contributed by atoms with Crippen LogP contribution in [0.1, 0.15) is 23.7 Å². The molecule has 3 nitrogen and oxygen atoms in total. The Labute approximate surface area is 103 Å². The standard InChI is InChI=1S/C9H9F5N2OS/c1-4-3-18-6(15-4)5(2)16-7(17)8(10,11)9(12,13)14/h3,5H,1-2H3,(H,16,17). The molecule has 0 saturated heterocycles. The quantitative estimate of drug-likeness (QED) is 0.869. The average Bonchev–Trinajstić information content (AvgIpc) is 2.62. The van der Waals surface area contributed by atoms with Gasteiger partial charge in [0, 0.05) is 11.1 Å². The number of carbonyl (C=O) groups is 1. The van der Waals surface area contributed by atoms with Gasteiger partial charge in [0.05, 0.1) is 6.04 Å². The topological polar surface area (TPSA) is 42.0 Å². The van der Waals surface area contributed by atoms with Gasteiger partial charge in [-0.05, 0) is 13.8 Å². The van der Waals surface area contributed by atoms with Crippen molar-refractivity contribution in [2.75, 3.05) is 0 Å². The van der Waals surface area contributed by atoms with Crippen molar-refractivity contribution in [3.8, 4) is 0 Å². The number of alkyl halides is 5. The van der Waals surface area contributed by atoms with Gasteiger partial charge in [0.1, 0.15) is 5.01 Å². The van der Waals surface area contributed by atoms with Crippen molar-refractivity contribution < 1.29 is 26.7 Å². The van der Waals surface area contributed by atoms with E-state index in [2.05, 4.69) is 4.98 Å². The molecule has 1 aromatic heterocycles. The summed E-state index contributed by atoms with van der Waals surface area (Å²) in [7, 11) is 0. The van der Waals surface area contributed by atoms with Crippen molar-refractivity contribution in [3.05, 3.63) is 16.1 Å². The summed E-state index contributed by atoms with van der Waals surface area (Å²) in [5, 5.41) is 3.46. The summed E-state index contributed by atoms with van der Waals surface area (Å²) in [6.07, 6.45) is -5.91. The number of aryl methyl sites for hydroxylation is 1. The maximum absolute atomic E-state index is 12.7. The van der Waals surface area contributed by atoms with Gasteiger partial charge in [-0.25, -0.2) is 4.98 Å². The van der Waals surface area contributed by atoms with E-state index in [1.54, 1.807) is 17.6 Å². The fraction of sp³-hybridized carbons (Fsp3) is 0.556. The van der Waals surface area contributed by atoms with Gasteiger partial charge in [-0.15, -0.1) is 11.3 Å². The van der Waals surface area contributed by atoms with Crippen molar-refractivity contribution in [2.45, 2.75) is 32.0 Å². The molecule has 1 N–H and O–H groups in total. The van der Waals surface area contributed by atoms with Gasteiger partial charge in [-0.3, -0.25) is 4.79 Å². The van der Waals surface area contributed by atoms with Crippen LogP contribution in [0, 0.1) is 6.92 Å². The highest BCUT2D eigenvalue weighted by Gasteiger charge is 2.63. The average molecular weight is 288 g/mol. The molecule has 0 aromatic carbocycles. The molecule has 9 heteroatoms. The van der Waals surface area contributed by atoms with Gasteiger partial charge in [0.25, 0.3) is 0 Å². The minimum Gasteiger partial charge on any atom is -0.342 e. The lowest BCUT2D eigenvalue weighted by Crippen LogP contribution is -2.50. The molecular formula is C9H9F5N2OS. The predicted molar refractivity (Wildman–Crippen MR) is 54.4 cm³/mol. The highest BCUT2D eigenvalue weighted by atomic mass is 32.1. The fourth-order valence-corrected chi connectivity index (χ4v) is 1.85. The molecule has 0 aliphatic carbocycles. The largest absolute Gasteiger partial charge is 0.463 e. The highest BCUT2D eigenvalue weighted by Crippen LogP contribution is 2.36. The number of thiazole rings is 1. The first-order valence-electron chi connectivity index (χ1n) is 4.73. The number of hydrogen-bond donors (Lipinski definition) is 1. The van der Waals surface area contributed by atoms with Gasteiger partial charge in [0.15, 0.2) is 0 Å². The minimum absolute atomic E-state index is 0.263. The molecule has 1 atom stereocenters. The van der Waals surface area contributed by atoms with E-state index in [9.17, 15) is 26.7 Å². The monoisotopic (exact) mass is 288 g/mol. The van der Waals surface area contributed by atoms with Crippen LogP contribution < -0.4 is 5.32 Å². The van der Waals surface area contributed by atoms with Gasteiger partial charge < -0.3 is 5.32 Å². The van der Waals surface area contributed by atoms with E-state index in [-0.39, 0.29) is 5.01 Å². The zero-order valence-electron chi connectivity index (χ0n) is 9.31. The zero-order valence-corrected chi connectivity index (χ0v) is 10.1. The van der Waals surface area contributed by atoms with Crippen LogP contribution in [-0.4, -0.2) is 23.0 Å². The van der Waals surface area contributed by atoms with Gasteiger partial charge in [0.2, 0.25) is 0 Å². The zero-order chi connectivity index (χ0) is 14.1. The summed E-state index contributed by atoms with van der Waals surface area (Å²) < 4.78 is 61.1. The molecule has 1 unspecified atom stereocenters. The summed E-state index contributed by atoms with van der Waals surface area (Å²) in [4.78, 5) is 14.8. The number of carbonyl (C=O) groups excluding carboxylic acids is 1. The Morgan fingerprint density at radius 3 is 2.33 bits per heavy atom. The minimum atomic E-state index is -5.91. The molecule has 0 spiro atoms. The Morgan fingerprint density at radius 1 is 1.39 bits per heavy atom. The number of hydrogen-bond acceptors (Lipinski definition) is 3. The lowest BCUT2D eigenvalue weighted by atomic mass is 10.2. The number of halogens is 5. The lowest BCUT2D eigenvalue weighted by Gasteiger charge is -2.20. The fourth-order valence-electron chi connectivity index (χ4n) is 1.05. The molecule has 102 valence electrons. The maximum Gasteiger partial charge on any atom is 0.463 e. The second-order valence-electron chi connectivity index (χ2n) is 3.59. The van der Waals surface area contributed by atoms with Gasteiger partial charge >= 0.3 is 18.0 Å². The molecule has 0 radical (unpaired) electrons. The van der Waals surface area contributed by atoms with Gasteiger partial charge in [-0.1, -0.05) is 0 Å². The molecule has 1 aromatic rings. The lowest BCUT2D eigenvalue weighted by molar-refractivity contribution is -0.270. The maximum atomic E-state index is 12.7. The molecule has 0 saturated carbocycles. The van der Waals surface area contributed by atoms with E-state index in [0.717, 1.165) is 11.3 Å². The van der Waals surface area contributed by atoms with Crippen molar-refractivity contribution in [1.82, 2.24) is 10.3 Å². The predicted octanol–water partition coefficient (Wildman–Crippen LogP) is 2.83. The van der Waals surface area contributed by atoms with Crippen molar-refractivity contribution in [1.29, 1.82) is 0 Å². The number of amides is 1. The Kier molecular flexibility index (Phi) is 3.94.